The number of fused-ring (bicyclic) bond motifs is 1. The van der Waals surface area contributed by atoms with Gasteiger partial charge in [-0.15, -0.1) is 4.33 Å². The lowest BCUT2D eigenvalue weighted by Gasteiger charge is -2.19. The fourth-order valence-corrected chi connectivity index (χ4v) is 6.05. The Bertz CT molecular complexity index is 2370. The average molecular weight is 800 g/mol. The van der Waals surface area contributed by atoms with Crippen LogP contribution in [0.5, 0.6) is 17.2 Å². The van der Waals surface area contributed by atoms with Gasteiger partial charge in [0.25, 0.3) is 11.5 Å². The van der Waals surface area contributed by atoms with E-state index >= 15 is 4.39 Å². The van der Waals surface area contributed by atoms with Gasteiger partial charge in [-0.1, -0.05) is 40.9 Å². The lowest BCUT2D eigenvalue weighted by Crippen LogP contribution is -2.31. The lowest BCUT2D eigenvalue weighted by molar-refractivity contribution is -0.432. The van der Waals surface area contributed by atoms with Crippen LogP contribution >= 0.6 is 12.0 Å². The van der Waals surface area contributed by atoms with Crippen molar-refractivity contribution >= 4 is 40.5 Å². The van der Waals surface area contributed by atoms with E-state index in [0.29, 0.717) is 33.8 Å². The third-order valence-corrected chi connectivity index (χ3v) is 8.93. The number of benzene rings is 4. The Balaban J connectivity index is 0.000000486. The first-order valence-corrected chi connectivity index (χ1v) is 18.3. The Labute approximate surface area is 332 Å². The van der Waals surface area contributed by atoms with Crippen LogP contribution in [0.2, 0.25) is 0 Å². The maximum atomic E-state index is 15.3. The standard InChI is InChI=1S/C34H34FN5O6.C7H8O3S/c1-21(45-31(41)20-38(3)4)19-39-22(2)32(34(43)40(39)24-9-7-6-8-10-24)33(42)37-23-11-14-30(27(35)17-23)46-29-15-16-36-28-18-25(44-5)12-13-26(28)29;1-6-2-4-7(5-3-6)11-10-9-8/h6-18,21H,19-20H2,1-5H3,(H,37,42);2-5,8H,1H3/t21-;/m0./s1. The SMILES string of the molecule is COc1ccc2c(Oc3ccc(NC(=O)c4c(C)n(C[C@H](C)OC(=O)CN(C)C)n(-c5ccccc5)c4=O)cc3F)ccnc2c1.Cc1ccc(SOOO)cc1. The number of aromatic nitrogens is 3. The minimum Gasteiger partial charge on any atom is -0.497 e. The number of amides is 1. The van der Waals surface area contributed by atoms with Crippen molar-refractivity contribution in [2.45, 2.75) is 38.3 Å². The van der Waals surface area contributed by atoms with Crippen molar-refractivity contribution in [3.8, 4) is 22.9 Å². The molecule has 0 aliphatic carbocycles. The number of pyridine rings is 1. The van der Waals surface area contributed by atoms with Gasteiger partial charge < -0.3 is 19.5 Å². The highest BCUT2D eigenvalue weighted by molar-refractivity contribution is 7.94. The number of para-hydroxylation sites is 1. The zero-order valence-corrected chi connectivity index (χ0v) is 32.9. The minimum atomic E-state index is -0.722. The molecular weight excluding hydrogens is 758 g/mol. The molecule has 14 nitrogen and oxygen atoms in total. The molecule has 2 heterocycles. The number of nitrogens with zero attached hydrogens (tertiary/aromatic N) is 4. The van der Waals surface area contributed by atoms with Gasteiger partial charge in [-0.3, -0.25) is 28.9 Å². The molecule has 2 N–H and O–H groups in total. The van der Waals surface area contributed by atoms with Crippen LogP contribution in [0.3, 0.4) is 0 Å². The highest BCUT2D eigenvalue weighted by Gasteiger charge is 2.26. The quantitative estimate of drug-likeness (QED) is 0.0482. The van der Waals surface area contributed by atoms with Crippen molar-refractivity contribution in [1.82, 2.24) is 19.2 Å². The molecule has 4 aromatic carbocycles. The van der Waals surface area contributed by atoms with Crippen LogP contribution in [0.15, 0.2) is 113 Å². The first-order chi connectivity index (χ1) is 27.4. The summed E-state index contributed by atoms with van der Waals surface area (Å²) in [4.78, 5) is 46.4. The summed E-state index contributed by atoms with van der Waals surface area (Å²) in [5.74, 6) is -0.898. The van der Waals surface area contributed by atoms with E-state index in [4.69, 9.17) is 19.5 Å². The topological polar surface area (TPSA) is 156 Å². The second kappa shape index (κ2) is 19.7. The first-order valence-electron chi connectivity index (χ1n) is 17.5. The van der Waals surface area contributed by atoms with Crippen molar-refractivity contribution in [3.05, 3.63) is 136 Å². The van der Waals surface area contributed by atoms with Crippen LogP contribution in [0.4, 0.5) is 10.1 Å². The minimum absolute atomic E-state index is 0.0621. The van der Waals surface area contributed by atoms with Crippen LogP contribution in [0.25, 0.3) is 16.6 Å². The summed E-state index contributed by atoms with van der Waals surface area (Å²) >= 11 is 0.957. The maximum absolute atomic E-state index is 15.3. The van der Waals surface area contributed by atoms with Crippen LogP contribution in [-0.4, -0.2) is 70.2 Å². The van der Waals surface area contributed by atoms with Gasteiger partial charge in [0, 0.05) is 34.3 Å². The van der Waals surface area contributed by atoms with E-state index in [9.17, 15) is 14.4 Å². The van der Waals surface area contributed by atoms with Crippen molar-refractivity contribution in [2.24, 2.45) is 0 Å². The zero-order chi connectivity index (χ0) is 41.1. The van der Waals surface area contributed by atoms with E-state index in [1.54, 1.807) is 99.4 Å². The van der Waals surface area contributed by atoms with Gasteiger partial charge in [-0.25, -0.2) is 14.3 Å². The highest BCUT2D eigenvalue weighted by Crippen LogP contribution is 2.33. The molecule has 0 bridgehead atoms. The molecule has 0 saturated carbocycles. The molecule has 6 aromatic rings. The van der Waals surface area contributed by atoms with Gasteiger partial charge in [0.05, 0.1) is 49.1 Å². The summed E-state index contributed by atoms with van der Waals surface area (Å²) in [6, 6.07) is 27.4. The summed E-state index contributed by atoms with van der Waals surface area (Å²) < 4.78 is 39.1. The Morgan fingerprint density at radius 3 is 2.37 bits per heavy atom. The molecule has 0 radical (unpaired) electrons. The molecular formula is C41H42FN5O9S. The van der Waals surface area contributed by atoms with Crippen LogP contribution in [0.1, 0.15) is 28.5 Å². The van der Waals surface area contributed by atoms with Crippen molar-refractivity contribution in [1.29, 1.82) is 0 Å². The van der Waals surface area contributed by atoms with Crippen LogP contribution in [-0.2, 0) is 25.4 Å². The Morgan fingerprint density at radius 2 is 1.70 bits per heavy atom. The van der Waals surface area contributed by atoms with Gasteiger partial charge in [0.2, 0.25) is 0 Å². The molecule has 0 unspecified atom stereocenters. The average Bonchev–Trinajstić information content (AvgIpc) is 3.43. The molecule has 1 amide bonds. The molecule has 57 heavy (non-hydrogen) atoms. The number of carbonyl (C=O) groups excluding carboxylic acids is 2. The molecule has 0 spiro atoms. The number of esters is 1. The molecule has 2 aromatic heterocycles. The first kappa shape index (κ1) is 42.1. The van der Waals surface area contributed by atoms with Gasteiger partial charge in [-0.2, -0.15) is 0 Å². The number of halogens is 1. The number of nitrogens with one attached hydrogen (secondary N) is 1. The van der Waals surface area contributed by atoms with Crippen molar-refractivity contribution < 1.29 is 42.8 Å². The Kier molecular flexibility index (Phi) is 14.6. The predicted molar refractivity (Wildman–Crippen MR) is 213 cm³/mol. The second-order valence-corrected chi connectivity index (χ2v) is 13.7. The molecule has 298 valence electrons. The summed E-state index contributed by atoms with van der Waals surface area (Å²) in [6.07, 6.45) is 0.944. The summed E-state index contributed by atoms with van der Waals surface area (Å²) in [7, 11) is 5.07. The van der Waals surface area contributed by atoms with Gasteiger partial charge >= 0.3 is 5.97 Å². The van der Waals surface area contributed by atoms with E-state index in [2.05, 4.69) is 19.7 Å². The smallest absolute Gasteiger partial charge is 0.320 e. The number of carbonyl (C=O) groups is 2. The Morgan fingerprint density at radius 1 is 0.965 bits per heavy atom. The summed E-state index contributed by atoms with van der Waals surface area (Å²) in [5, 5.41) is 14.6. The maximum Gasteiger partial charge on any atom is 0.320 e. The number of rotatable bonds is 14. The number of anilines is 1. The molecule has 0 saturated heterocycles. The number of likely N-dealkylation sites (N-methyl/N-ethyl adjacent to an activating group) is 1. The fourth-order valence-electron chi connectivity index (χ4n) is 5.70. The van der Waals surface area contributed by atoms with Gasteiger partial charge in [-0.05, 0) is 89.5 Å². The highest BCUT2D eigenvalue weighted by atomic mass is 32.2. The molecule has 1 atom stereocenters. The largest absolute Gasteiger partial charge is 0.497 e. The molecule has 16 heteroatoms. The second-order valence-electron chi connectivity index (χ2n) is 13.0. The Hall–Kier alpha value is -6.04. The van der Waals surface area contributed by atoms with E-state index in [1.165, 1.54) is 22.4 Å². The number of hydrogen-bond donors (Lipinski definition) is 2. The summed E-state index contributed by atoms with van der Waals surface area (Å²) in [6.45, 7) is 5.56. The third kappa shape index (κ3) is 11.1. The predicted octanol–water partition coefficient (Wildman–Crippen LogP) is 7.60. The summed E-state index contributed by atoms with van der Waals surface area (Å²) in [5.41, 5.74) is 2.09. The third-order valence-electron chi connectivity index (χ3n) is 8.33. The van der Waals surface area contributed by atoms with Crippen LogP contribution in [0, 0.1) is 19.7 Å². The van der Waals surface area contributed by atoms with Crippen LogP contribution < -0.4 is 20.3 Å². The van der Waals surface area contributed by atoms with Crippen molar-refractivity contribution in [3.63, 3.8) is 0 Å². The number of ether oxygens (including phenoxy) is 3. The monoisotopic (exact) mass is 799 g/mol. The molecule has 0 fully saturated rings. The van der Waals surface area contributed by atoms with Gasteiger partial charge in [0.15, 0.2) is 11.6 Å². The van der Waals surface area contributed by atoms with E-state index in [1.807, 2.05) is 37.3 Å². The lowest BCUT2D eigenvalue weighted by atomic mass is 10.2. The van der Waals surface area contributed by atoms with Gasteiger partial charge in [0.1, 0.15) is 23.2 Å². The normalized spacial score (nSPS) is 11.5. The zero-order valence-electron chi connectivity index (χ0n) is 32.1. The number of hydrogen-bond acceptors (Lipinski definition) is 12. The number of aryl methyl sites for hydroxylation is 1. The fraction of sp³-hybridized carbons (Fsp3) is 0.220. The van der Waals surface area contributed by atoms with E-state index < -0.39 is 29.4 Å². The van der Waals surface area contributed by atoms with E-state index in [-0.39, 0.29) is 30.1 Å². The molecule has 0 aliphatic rings. The van der Waals surface area contributed by atoms with Crippen molar-refractivity contribution in [2.75, 3.05) is 33.1 Å². The molecule has 6 rings (SSSR count). The molecule has 0 aliphatic heterocycles. The van der Waals surface area contributed by atoms with E-state index in [0.717, 1.165) is 23.0 Å². The number of methoxy groups -OCH3 is 1.